The van der Waals surface area contributed by atoms with Crippen LogP contribution in [0.4, 0.5) is 5.69 Å². The fraction of sp³-hybridized carbons (Fsp3) is 0.200. The Labute approximate surface area is 165 Å². The molecule has 5 nitrogen and oxygen atoms in total. The minimum absolute atomic E-state index is 0.106. The number of carbonyl (C=O) groups excluding carboxylic acids is 1. The van der Waals surface area contributed by atoms with Crippen LogP contribution in [0, 0.1) is 5.92 Å². The minimum Gasteiger partial charge on any atom is -0.492 e. The maximum absolute atomic E-state index is 12.8. The van der Waals surface area contributed by atoms with Crippen LogP contribution in [0.15, 0.2) is 53.4 Å². The molecule has 0 fully saturated rings. The first-order valence-electron chi connectivity index (χ1n) is 8.50. The summed E-state index contributed by atoms with van der Waals surface area (Å²) in [4.78, 5) is 17.0. The second-order valence-electron chi connectivity index (χ2n) is 6.22. The molecule has 1 N–H and O–H groups in total. The van der Waals surface area contributed by atoms with Crippen molar-refractivity contribution in [3.63, 3.8) is 0 Å². The fourth-order valence-electron chi connectivity index (χ4n) is 2.92. The van der Waals surface area contributed by atoms with Gasteiger partial charge in [-0.15, -0.1) is 11.3 Å². The zero-order chi connectivity index (χ0) is 18.6. The predicted octanol–water partition coefficient (Wildman–Crippen LogP) is 4.57. The standard InChI is InChI=1S/C20H17ClN2O3S/c21-15-5-6-18-13(8-15)7-14(9-25-18)20(24)23-17-3-1-2-4-19(17)26-10-16-11-27-12-22-16/h1-6,8,11-12,14H,7,9-10H2,(H,23,24). The zero-order valence-corrected chi connectivity index (χ0v) is 15.9. The molecule has 27 heavy (non-hydrogen) atoms. The van der Waals surface area contributed by atoms with Crippen LogP contribution in [0.2, 0.25) is 5.02 Å². The van der Waals surface area contributed by atoms with Gasteiger partial charge in [0.15, 0.2) is 0 Å². The molecule has 2 heterocycles. The van der Waals surface area contributed by atoms with Gasteiger partial charge in [0, 0.05) is 10.4 Å². The molecule has 3 aromatic rings. The summed E-state index contributed by atoms with van der Waals surface area (Å²) in [6, 6.07) is 12.9. The second-order valence-corrected chi connectivity index (χ2v) is 7.37. The van der Waals surface area contributed by atoms with E-state index >= 15 is 0 Å². The van der Waals surface area contributed by atoms with Crippen LogP contribution in [0.1, 0.15) is 11.3 Å². The number of carbonyl (C=O) groups is 1. The van der Waals surface area contributed by atoms with Crippen LogP contribution < -0.4 is 14.8 Å². The molecule has 0 radical (unpaired) electrons. The number of rotatable bonds is 5. The van der Waals surface area contributed by atoms with Gasteiger partial charge in [-0.05, 0) is 42.3 Å². The number of hydrogen-bond donors (Lipinski definition) is 1. The average molecular weight is 401 g/mol. The molecule has 1 atom stereocenters. The normalized spacial score (nSPS) is 15.5. The van der Waals surface area contributed by atoms with E-state index in [9.17, 15) is 4.79 Å². The highest BCUT2D eigenvalue weighted by Crippen LogP contribution is 2.31. The van der Waals surface area contributed by atoms with Crippen molar-refractivity contribution in [3.05, 3.63) is 69.6 Å². The number of fused-ring (bicyclic) bond motifs is 1. The molecule has 1 aliphatic heterocycles. The Morgan fingerprint density at radius 3 is 3.07 bits per heavy atom. The highest BCUT2D eigenvalue weighted by Gasteiger charge is 2.26. The van der Waals surface area contributed by atoms with Gasteiger partial charge in [-0.1, -0.05) is 23.7 Å². The molecular formula is C20H17ClN2O3S. The zero-order valence-electron chi connectivity index (χ0n) is 14.4. The van der Waals surface area contributed by atoms with E-state index in [1.807, 2.05) is 41.8 Å². The first-order valence-corrected chi connectivity index (χ1v) is 9.82. The van der Waals surface area contributed by atoms with E-state index in [0.717, 1.165) is 17.0 Å². The van der Waals surface area contributed by atoms with E-state index in [2.05, 4.69) is 10.3 Å². The van der Waals surface area contributed by atoms with Gasteiger partial charge in [-0.3, -0.25) is 4.79 Å². The molecule has 138 valence electrons. The molecule has 7 heteroatoms. The van der Waals surface area contributed by atoms with E-state index in [4.69, 9.17) is 21.1 Å². The van der Waals surface area contributed by atoms with Crippen molar-refractivity contribution in [2.24, 2.45) is 5.92 Å². The predicted molar refractivity (Wildman–Crippen MR) is 106 cm³/mol. The maximum atomic E-state index is 12.8. The Morgan fingerprint density at radius 1 is 1.33 bits per heavy atom. The summed E-state index contributed by atoms with van der Waals surface area (Å²) in [6.45, 7) is 0.692. The largest absolute Gasteiger partial charge is 0.492 e. The number of anilines is 1. The number of aromatic nitrogens is 1. The Bertz CT molecular complexity index is 946. The van der Waals surface area contributed by atoms with E-state index in [-0.39, 0.29) is 11.8 Å². The van der Waals surface area contributed by atoms with Crippen LogP contribution in [-0.4, -0.2) is 17.5 Å². The number of para-hydroxylation sites is 2. The van der Waals surface area contributed by atoms with Crippen molar-refractivity contribution in [2.75, 3.05) is 11.9 Å². The number of nitrogens with one attached hydrogen (secondary N) is 1. The molecule has 1 aromatic heterocycles. The van der Waals surface area contributed by atoms with Gasteiger partial charge < -0.3 is 14.8 Å². The topological polar surface area (TPSA) is 60.5 Å². The van der Waals surface area contributed by atoms with E-state index < -0.39 is 0 Å². The number of benzene rings is 2. The SMILES string of the molecule is O=C(Nc1ccccc1OCc1cscn1)C1COc2ccc(Cl)cc2C1. The van der Waals surface area contributed by atoms with Gasteiger partial charge in [0.2, 0.25) is 5.91 Å². The van der Waals surface area contributed by atoms with Gasteiger partial charge in [-0.25, -0.2) is 4.98 Å². The van der Waals surface area contributed by atoms with Crippen LogP contribution in [0.3, 0.4) is 0 Å². The molecular weight excluding hydrogens is 384 g/mol. The smallest absolute Gasteiger partial charge is 0.231 e. The van der Waals surface area contributed by atoms with Crippen LogP contribution >= 0.6 is 22.9 Å². The van der Waals surface area contributed by atoms with Crippen LogP contribution in [0.5, 0.6) is 11.5 Å². The Hall–Kier alpha value is -2.57. The fourth-order valence-corrected chi connectivity index (χ4v) is 3.66. The molecule has 0 saturated heterocycles. The van der Waals surface area contributed by atoms with Gasteiger partial charge in [0.1, 0.15) is 24.7 Å². The van der Waals surface area contributed by atoms with Crippen molar-refractivity contribution >= 4 is 34.5 Å². The molecule has 1 amide bonds. The second kappa shape index (κ2) is 7.98. The average Bonchev–Trinajstić information content (AvgIpc) is 3.20. The molecule has 0 bridgehead atoms. The lowest BCUT2D eigenvalue weighted by Crippen LogP contribution is -2.32. The quantitative estimate of drug-likeness (QED) is 0.681. The summed E-state index contributed by atoms with van der Waals surface area (Å²) in [7, 11) is 0. The number of amides is 1. The molecule has 2 aromatic carbocycles. The Balaban J connectivity index is 1.44. The van der Waals surface area contributed by atoms with Crippen molar-refractivity contribution in [1.82, 2.24) is 4.98 Å². The van der Waals surface area contributed by atoms with E-state index in [0.29, 0.717) is 36.1 Å². The first kappa shape index (κ1) is 17.8. The lowest BCUT2D eigenvalue weighted by Gasteiger charge is -2.25. The lowest BCUT2D eigenvalue weighted by molar-refractivity contribution is -0.121. The van der Waals surface area contributed by atoms with E-state index in [1.54, 1.807) is 11.6 Å². The Morgan fingerprint density at radius 2 is 2.22 bits per heavy atom. The van der Waals surface area contributed by atoms with Crippen molar-refractivity contribution in [2.45, 2.75) is 13.0 Å². The third-order valence-corrected chi connectivity index (χ3v) is 5.17. The number of nitrogens with zero attached hydrogens (tertiary/aromatic N) is 1. The van der Waals surface area contributed by atoms with Gasteiger partial charge in [0.25, 0.3) is 0 Å². The maximum Gasteiger partial charge on any atom is 0.231 e. The monoisotopic (exact) mass is 400 g/mol. The Kier molecular flexibility index (Phi) is 5.27. The lowest BCUT2D eigenvalue weighted by atomic mass is 9.96. The highest BCUT2D eigenvalue weighted by atomic mass is 35.5. The molecule has 1 unspecified atom stereocenters. The summed E-state index contributed by atoms with van der Waals surface area (Å²) in [5, 5.41) is 5.53. The van der Waals surface area contributed by atoms with Crippen molar-refractivity contribution in [3.8, 4) is 11.5 Å². The summed E-state index contributed by atoms with van der Waals surface area (Å²) in [5.41, 5.74) is 4.20. The van der Waals surface area contributed by atoms with Gasteiger partial charge in [0.05, 0.1) is 22.8 Å². The van der Waals surface area contributed by atoms with Crippen molar-refractivity contribution < 1.29 is 14.3 Å². The highest BCUT2D eigenvalue weighted by molar-refractivity contribution is 7.07. The van der Waals surface area contributed by atoms with Gasteiger partial charge in [-0.2, -0.15) is 0 Å². The number of hydrogen-bond acceptors (Lipinski definition) is 5. The molecule has 0 saturated carbocycles. The first-order chi connectivity index (χ1) is 13.2. The van der Waals surface area contributed by atoms with Gasteiger partial charge >= 0.3 is 0 Å². The van der Waals surface area contributed by atoms with Crippen LogP contribution in [0.25, 0.3) is 0 Å². The number of thiazole rings is 1. The summed E-state index contributed by atoms with van der Waals surface area (Å²) in [5.74, 6) is 1.00. The summed E-state index contributed by atoms with van der Waals surface area (Å²) in [6.07, 6.45) is 0.587. The molecule has 0 aliphatic carbocycles. The molecule has 4 rings (SSSR count). The van der Waals surface area contributed by atoms with Crippen molar-refractivity contribution in [1.29, 1.82) is 0 Å². The number of halogens is 1. The van der Waals surface area contributed by atoms with Crippen LogP contribution in [-0.2, 0) is 17.8 Å². The molecule has 0 spiro atoms. The summed E-state index contributed by atoms with van der Waals surface area (Å²) >= 11 is 7.57. The number of ether oxygens (including phenoxy) is 2. The summed E-state index contributed by atoms with van der Waals surface area (Å²) < 4.78 is 11.5. The van der Waals surface area contributed by atoms with E-state index in [1.165, 1.54) is 11.3 Å². The minimum atomic E-state index is -0.289. The third-order valence-electron chi connectivity index (χ3n) is 4.30. The molecule has 1 aliphatic rings. The third kappa shape index (κ3) is 4.23.